The highest BCUT2D eigenvalue weighted by molar-refractivity contribution is 5.66. The minimum absolute atomic E-state index is 0.183. The highest BCUT2D eigenvalue weighted by atomic mass is 19.1. The Morgan fingerprint density at radius 3 is 2.03 bits per heavy atom. The van der Waals surface area contributed by atoms with Crippen LogP contribution in [0.2, 0.25) is 0 Å². The first-order chi connectivity index (χ1) is 13.7. The van der Waals surface area contributed by atoms with Crippen molar-refractivity contribution in [1.82, 2.24) is 23.7 Å². The van der Waals surface area contributed by atoms with Gasteiger partial charge in [-0.05, 0) is 39.1 Å². The van der Waals surface area contributed by atoms with Gasteiger partial charge < -0.3 is 13.7 Å². The molecule has 0 saturated heterocycles. The number of hydrogen-bond donors (Lipinski definition) is 0. The van der Waals surface area contributed by atoms with Gasteiger partial charge in [0.15, 0.2) is 22.9 Å². The summed E-state index contributed by atoms with van der Waals surface area (Å²) in [6.07, 6.45) is 7.18. The van der Waals surface area contributed by atoms with Crippen LogP contribution in [0.25, 0.3) is 22.4 Å². The minimum atomic E-state index is -0.437. The zero-order valence-corrected chi connectivity index (χ0v) is 17.3. The van der Waals surface area contributed by atoms with Gasteiger partial charge in [0.05, 0.1) is 11.4 Å². The van der Waals surface area contributed by atoms with Crippen molar-refractivity contribution in [2.45, 2.75) is 26.7 Å². The van der Waals surface area contributed by atoms with Crippen LogP contribution in [0.5, 0.6) is 0 Å². The first-order valence-electron chi connectivity index (χ1n) is 9.71. The Morgan fingerprint density at radius 2 is 1.45 bits per heavy atom. The maximum atomic E-state index is 14.8. The molecule has 5 nitrogen and oxygen atoms in total. The van der Waals surface area contributed by atoms with E-state index in [1.54, 1.807) is 27.4 Å². The number of pyridine rings is 2. The second-order valence-corrected chi connectivity index (χ2v) is 8.19. The molecule has 7 heteroatoms. The number of imidazole rings is 2. The van der Waals surface area contributed by atoms with Crippen LogP contribution < -0.4 is 0 Å². The van der Waals surface area contributed by atoms with Crippen LogP contribution in [0.4, 0.5) is 8.78 Å². The summed E-state index contributed by atoms with van der Waals surface area (Å²) in [7, 11) is 4.08. The summed E-state index contributed by atoms with van der Waals surface area (Å²) >= 11 is 0. The Hall–Kier alpha value is -2.80. The Labute approximate surface area is 168 Å². The lowest BCUT2D eigenvalue weighted by atomic mass is 9.93. The van der Waals surface area contributed by atoms with Crippen molar-refractivity contribution in [3.8, 4) is 11.1 Å². The maximum absolute atomic E-state index is 14.8. The van der Waals surface area contributed by atoms with Crippen LogP contribution in [-0.4, -0.2) is 44.3 Å². The van der Waals surface area contributed by atoms with E-state index < -0.39 is 11.6 Å². The summed E-state index contributed by atoms with van der Waals surface area (Å²) in [6.45, 7) is 7.01. The molecular formula is C22H25F2N5. The fourth-order valence-electron chi connectivity index (χ4n) is 3.82. The maximum Gasteiger partial charge on any atom is 0.173 e. The molecule has 0 fully saturated rings. The first-order valence-corrected chi connectivity index (χ1v) is 9.71. The molecule has 4 heterocycles. The van der Waals surface area contributed by atoms with Gasteiger partial charge in [-0.15, -0.1) is 0 Å². The van der Waals surface area contributed by atoms with E-state index >= 15 is 0 Å². The largest absolute Gasteiger partial charge is 0.309 e. The van der Waals surface area contributed by atoms with Crippen LogP contribution >= 0.6 is 0 Å². The topological polar surface area (TPSA) is 37.8 Å². The van der Waals surface area contributed by atoms with E-state index in [0.717, 1.165) is 17.9 Å². The lowest BCUT2D eigenvalue weighted by Gasteiger charge is -2.21. The van der Waals surface area contributed by atoms with Crippen LogP contribution in [0.15, 0.2) is 36.9 Å². The number of aromatic nitrogens is 4. The van der Waals surface area contributed by atoms with Crippen molar-refractivity contribution in [2.75, 3.05) is 20.6 Å². The summed E-state index contributed by atoms with van der Waals surface area (Å²) < 4.78 is 32.6. The molecule has 29 heavy (non-hydrogen) atoms. The van der Waals surface area contributed by atoms with Gasteiger partial charge >= 0.3 is 0 Å². The number of aryl methyl sites for hydroxylation is 1. The highest BCUT2D eigenvalue weighted by Gasteiger charge is 2.20. The van der Waals surface area contributed by atoms with Gasteiger partial charge in [0.1, 0.15) is 0 Å². The Kier molecular flexibility index (Phi) is 4.86. The predicted octanol–water partition coefficient (Wildman–Crippen LogP) is 4.54. The lowest BCUT2D eigenvalue weighted by Crippen LogP contribution is -2.23. The van der Waals surface area contributed by atoms with Crippen molar-refractivity contribution in [2.24, 2.45) is 5.92 Å². The first kappa shape index (κ1) is 19.5. The SMILES string of the molecule is Cc1cn2cc(-c3cc(F)c4nc(C(C)C(C)CN(C)C)cn4c3)cc(F)c2n1. The summed E-state index contributed by atoms with van der Waals surface area (Å²) in [5.41, 5.74) is 3.29. The molecule has 0 radical (unpaired) electrons. The fourth-order valence-corrected chi connectivity index (χ4v) is 3.82. The molecule has 4 aromatic rings. The monoisotopic (exact) mass is 397 g/mol. The fraction of sp³-hybridized carbons (Fsp3) is 0.364. The quantitative estimate of drug-likeness (QED) is 0.496. The number of hydrogen-bond acceptors (Lipinski definition) is 3. The third-order valence-electron chi connectivity index (χ3n) is 5.46. The van der Waals surface area contributed by atoms with E-state index in [4.69, 9.17) is 0 Å². The smallest absolute Gasteiger partial charge is 0.173 e. The molecule has 2 unspecified atom stereocenters. The van der Waals surface area contributed by atoms with Gasteiger partial charge in [0.25, 0.3) is 0 Å². The third kappa shape index (κ3) is 3.62. The van der Waals surface area contributed by atoms with Crippen molar-refractivity contribution in [1.29, 1.82) is 0 Å². The Bertz CT molecular complexity index is 1190. The van der Waals surface area contributed by atoms with Gasteiger partial charge in [0, 0.05) is 48.4 Å². The molecule has 0 N–H and O–H groups in total. The summed E-state index contributed by atoms with van der Waals surface area (Å²) in [6, 6.07) is 2.80. The summed E-state index contributed by atoms with van der Waals surface area (Å²) in [4.78, 5) is 10.8. The van der Waals surface area contributed by atoms with Crippen molar-refractivity contribution >= 4 is 11.3 Å². The molecule has 0 aliphatic heterocycles. The normalized spacial score (nSPS) is 14.2. The molecule has 152 valence electrons. The van der Waals surface area contributed by atoms with Crippen molar-refractivity contribution in [3.05, 3.63) is 59.9 Å². The molecule has 0 saturated carbocycles. The van der Waals surface area contributed by atoms with Crippen LogP contribution in [0.3, 0.4) is 0 Å². The second-order valence-electron chi connectivity index (χ2n) is 8.19. The number of fused-ring (bicyclic) bond motifs is 2. The second kappa shape index (κ2) is 7.22. The van der Waals surface area contributed by atoms with E-state index in [1.807, 2.05) is 27.2 Å². The molecular weight excluding hydrogens is 372 g/mol. The van der Waals surface area contributed by atoms with Gasteiger partial charge in [-0.1, -0.05) is 13.8 Å². The molecule has 0 aliphatic rings. The van der Waals surface area contributed by atoms with Gasteiger partial charge in [-0.25, -0.2) is 18.7 Å². The van der Waals surface area contributed by atoms with Crippen molar-refractivity contribution < 1.29 is 8.78 Å². The number of nitrogens with zero attached hydrogens (tertiary/aromatic N) is 5. The molecule has 0 spiro atoms. The predicted molar refractivity (Wildman–Crippen MR) is 110 cm³/mol. The summed E-state index contributed by atoms with van der Waals surface area (Å²) in [5.74, 6) is -0.307. The number of halogens is 2. The summed E-state index contributed by atoms with van der Waals surface area (Å²) in [5, 5.41) is 0. The molecule has 0 amide bonds. The molecule has 4 aromatic heterocycles. The van der Waals surface area contributed by atoms with Crippen LogP contribution in [0.1, 0.15) is 31.2 Å². The molecule has 0 aromatic carbocycles. The van der Waals surface area contributed by atoms with Crippen LogP contribution in [-0.2, 0) is 0 Å². The van der Waals surface area contributed by atoms with E-state index in [9.17, 15) is 8.78 Å². The standard InChI is InChI=1S/C22H25F2N5/c1-13(8-27(4)5)15(3)20-12-29-11-17(7-19(24)22(29)26-20)16-6-18(23)21-25-14(2)9-28(21)10-16/h6-7,9-13,15H,8H2,1-5H3. The van der Waals surface area contributed by atoms with E-state index in [2.05, 4.69) is 28.7 Å². The van der Waals surface area contributed by atoms with E-state index in [0.29, 0.717) is 17.0 Å². The highest BCUT2D eigenvalue weighted by Crippen LogP contribution is 2.28. The number of rotatable bonds is 5. The molecule has 4 rings (SSSR count). The lowest BCUT2D eigenvalue weighted by molar-refractivity contribution is 0.311. The van der Waals surface area contributed by atoms with E-state index in [1.165, 1.54) is 12.1 Å². The third-order valence-corrected chi connectivity index (χ3v) is 5.46. The zero-order chi connectivity index (χ0) is 20.9. The average Bonchev–Trinajstić information content (AvgIpc) is 3.23. The molecule has 0 bridgehead atoms. The van der Waals surface area contributed by atoms with Crippen LogP contribution in [0, 0.1) is 24.5 Å². The zero-order valence-electron chi connectivity index (χ0n) is 17.3. The van der Waals surface area contributed by atoms with E-state index in [-0.39, 0.29) is 17.2 Å². The Morgan fingerprint density at radius 1 is 0.897 bits per heavy atom. The van der Waals surface area contributed by atoms with Crippen molar-refractivity contribution in [3.63, 3.8) is 0 Å². The average molecular weight is 397 g/mol. The Balaban J connectivity index is 1.76. The molecule has 2 atom stereocenters. The van der Waals surface area contributed by atoms with Gasteiger partial charge in [0.2, 0.25) is 0 Å². The minimum Gasteiger partial charge on any atom is -0.309 e. The van der Waals surface area contributed by atoms with Gasteiger partial charge in [-0.3, -0.25) is 0 Å². The molecule has 0 aliphatic carbocycles. The van der Waals surface area contributed by atoms with Gasteiger partial charge in [-0.2, -0.15) is 0 Å².